The lowest BCUT2D eigenvalue weighted by Gasteiger charge is -2.32. The molecule has 0 aromatic heterocycles. The Morgan fingerprint density at radius 2 is 1.94 bits per heavy atom. The maximum Gasteiger partial charge on any atom is 0.0385 e. The van der Waals surface area contributed by atoms with Gasteiger partial charge in [0.1, 0.15) is 0 Å². The van der Waals surface area contributed by atoms with Gasteiger partial charge in [-0.25, -0.2) is 0 Å². The van der Waals surface area contributed by atoms with Gasteiger partial charge in [0.05, 0.1) is 0 Å². The van der Waals surface area contributed by atoms with E-state index < -0.39 is 0 Å². The topological polar surface area (TPSA) is 29.3 Å². The van der Waals surface area contributed by atoms with Crippen molar-refractivity contribution in [2.24, 2.45) is 11.7 Å². The molecule has 1 aliphatic rings. The van der Waals surface area contributed by atoms with Gasteiger partial charge < -0.3 is 5.73 Å². The van der Waals surface area contributed by atoms with Crippen LogP contribution >= 0.6 is 0 Å². The van der Waals surface area contributed by atoms with Crippen LogP contribution in [-0.2, 0) is 6.42 Å². The third-order valence-corrected chi connectivity index (χ3v) is 4.29. The highest BCUT2D eigenvalue weighted by Gasteiger charge is 2.27. The van der Waals surface area contributed by atoms with Crippen LogP contribution in [0, 0.1) is 5.92 Å². The Bertz CT molecular complexity index is 358. The highest BCUT2D eigenvalue weighted by molar-refractivity contribution is 5.26. The molecule has 2 atom stereocenters. The lowest BCUT2D eigenvalue weighted by atomic mass is 9.89. The first-order chi connectivity index (χ1) is 8.76. The van der Waals surface area contributed by atoms with E-state index in [1.165, 1.54) is 36.9 Å². The van der Waals surface area contributed by atoms with Crippen LogP contribution in [0.2, 0.25) is 0 Å². The third-order valence-electron chi connectivity index (χ3n) is 4.29. The Balaban J connectivity index is 2.24. The number of nitrogens with zero attached hydrogens (tertiary/aromatic N) is 1. The molecule has 0 saturated carbocycles. The van der Waals surface area contributed by atoms with Crippen molar-refractivity contribution in [3.8, 4) is 0 Å². The molecule has 0 spiro atoms. The lowest BCUT2D eigenvalue weighted by molar-refractivity contribution is 0.196. The van der Waals surface area contributed by atoms with Crippen molar-refractivity contribution >= 4 is 0 Å². The third kappa shape index (κ3) is 2.93. The van der Waals surface area contributed by atoms with Gasteiger partial charge in [-0.1, -0.05) is 37.6 Å². The van der Waals surface area contributed by atoms with Gasteiger partial charge in [-0.15, -0.1) is 0 Å². The van der Waals surface area contributed by atoms with Crippen LogP contribution in [0.1, 0.15) is 43.4 Å². The molecule has 1 heterocycles. The van der Waals surface area contributed by atoms with E-state index in [0.29, 0.717) is 12.0 Å². The van der Waals surface area contributed by atoms with Crippen molar-refractivity contribution < 1.29 is 0 Å². The maximum atomic E-state index is 5.99. The van der Waals surface area contributed by atoms with E-state index in [1.807, 2.05) is 0 Å². The minimum absolute atomic E-state index is 0.503. The van der Waals surface area contributed by atoms with Gasteiger partial charge in [0, 0.05) is 6.04 Å². The van der Waals surface area contributed by atoms with E-state index in [4.69, 9.17) is 5.73 Å². The molecule has 0 amide bonds. The minimum atomic E-state index is 0.503. The summed E-state index contributed by atoms with van der Waals surface area (Å²) >= 11 is 0. The van der Waals surface area contributed by atoms with Gasteiger partial charge >= 0.3 is 0 Å². The van der Waals surface area contributed by atoms with Crippen LogP contribution in [-0.4, -0.2) is 25.0 Å². The van der Waals surface area contributed by atoms with E-state index in [2.05, 4.69) is 43.1 Å². The number of aryl methyl sites for hydroxylation is 1. The first kappa shape index (κ1) is 13.6. The van der Waals surface area contributed by atoms with Gasteiger partial charge in [-0.05, 0) is 56.4 Å². The van der Waals surface area contributed by atoms with Crippen LogP contribution in [0.15, 0.2) is 24.3 Å². The summed E-state index contributed by atoms with van der Waals surface area (Å²) in [5.41, 5.74) is 8.85. The number of likely N-dealkylation sites (tertiary alicyclic amines) is 1. The number of nitrogens with two attached hydrogens (primary N) is 1. The van der Waals surface area contributed by atoms with Crippen LogP contribution < -0.4 is 5.73 Å². The number of benzene rings is 1. The van der Waals surface area contributed by atoms with Crippen molar-refractivity contribution in [2.45, 2.75) is 38.6 Å². The number of rotatable bonds is 3. The van der Waals surface area contributed by atoms with Crippen LogP contribution in [0.5, 0.6) is 0 Å². The molecule has 100 valence electrons. The molecular weight excluding hydrogens is 220 g/mol. The summed E-state index contributed by atoms with van der Waals surface area (Å²) in [7, 11) is 2.24. The first-order valence-electron chi connectivity index (χ1n) is 7.25. The second-order valence-corrected chi connectivity index (χ2v) is 5.51. The molecule has 1 fully saturated rings. The fraction of sp³-hybridized carbons (Fsp3) is 0.625. The van der Waals surface area contributed by atoms with Gasteiger partial charge in [-0.2, -0.15) is 0 Å². The Morgan fingerprint density at radius 1 is 1.22 bits per heavy atom. The Kier molecular flexibility index (Phi) is 4.79. The standard InChI is InChI=1S/C16H26N2/c1-3-13-7-9-14(10-8-13)16-15(12-17)6-4-5-11-18(16)2/h7-10,15-16H,3-6,11-12,17H2,1-2H3. The molecule has 2 N–H and O–H groups in total. The van der Waals surface area contributed by atoms with Crippen molar-refractivity contribution in [3.63, 3.8) is 0 Å². The van der Waals surface area contributed by atoms with Gasteiger partial charge in [0.15, 0.2) is 0 Å². The monoisotopic (exact) mass is 246 g/mol. The number of hydrogen-bond donors (Lipinski definition) is 1. The first-order valence-corrected chi connectivity index (χ1v) is 7.25. The summed E-state index contributed by atoms with van der Waals surface area (Å²) in [6.07, 6.45) is 4.99. The molecule has 2 unspecified atom stereocenters. The summed E-state index contributed by atoms with van der Waals surface area (Å²) in [5, 5.41) is 0. The van der Waals surface area contributed by atoms with Crippen molar-refractivity contribution in [1.82, 2.24) is 4.90 Å². The van der Waals surface area contributed by atoms with Crippen LogP contribution in [0.4, 0.5) is 0 Å². The average molecular weight is 246 g/mol. The smallest absolute Gasteiger partial charge is 0.0385 e. The maximum absolute atomic E-state index is 5.99. The van der Waals surface area contributed by atoms with Crippen LogP contribution in [0.25, 0.3) is 0 Å². The fourth-order valence-electron chi connectivity index (χ4n) is 3.15. The highest BCUT2D eigenvalue weighted by atomic mass is 15.1. The molecule has 1 saturated heterocycles. The molecule has 1 aromatic carbocycles. The van der Waals surface area contributed by atoms with Gasteiger partial charge in [0.2, 0.25) is 0 Å². The van der Waals surface area contributed by atoms with Gasteiger partial charge in [-0.3, -0.25) is 4.90 Å². The van der Waals surface area contributed by atoms with Crippen LogP contribution in [0.3, 0.4) is 0 Å². The fourth-order valence-corrected chi connectivity index (χ4v) is 3.15. The van der Waals surface area contributed by atoms with Gasteiger partial charge in [0.25, 0.3) is 0 Å². The predicted molar refractivity (Wildman–Crippen MR) is 77.6 cm³/mol. The van der Waals surface area contributed by atoms with E-state index in [0.717, 1.165) is 13.0 Å². The molecule has 0 aliphatic carbocycles. The Morgan fingerprint density at radius 3 is 2.56 bits per heavy atom. The summed E-state index contributed by atoms with van der Waals surface area (Å²) in [5.74, 6) is 0.602. The van der Waals surface area contributed by atoms with E-state index in [-0.39, 0.29) is 0 Å². The second-order valence-electron chi connectivity index (χ2n) is 5.51. The molecule has 2 rings (SSSR count). The molecule has 0 bridgehead atoms. The lowest BCUT2D eigenvalue weighted by Crippen LogP contribution is -2.32. The van der Waals surface area contributed by atoms with E-state index >= 15 is 0 Å². The summed E-state index contributed by atoms with van der Waals surface area (Å²) < 4.78 is 0. The van der Waals surface area contributed by atoms with E-state index in [9.17, 15) is 0 Å². The molecule has 2 heteroatoms. The average Bonchev–Trinajstić information content (AvgIpc) is 2.60. The zero-order valence-electron chi connectivity index (χ0n) is 11.7. The molecule has 18 heavy (non-hydrogen) atoms. The van der Waals surface area contributed by atoms with E-state index in [1.54, 1.807) is 0 Å². The zero-order chi connectivity index (χ0) is 13.0. The number of hydrogen-bond acceptors (Lipinski definition) is 2. The highest BCUT2D eigenvalue weighted by Crippen LogP contribution is 2.33. The second kappa shape index (κ2) is 6.35. The SMILES string of the molecule is CCc1ccc(C2C(CN)CCCCN2C)cc1. The molecule has 2 nitrogen and oxygen atoms in total. The quantitative estimate of drug-likeness (QED) is 0.888. The largest absolute Gasteiger partial charge is 0.330 e. The minimum Gasteiger partial charge on any atom is -0.330 e. The Labute approximate surface area is 111 Å². The Hall–Kier alpha value is -0.860. The van der Waals surface area contributed by atoms with Crippen molar-refractivity contribution in [1.29, 1.82) is 0 Å². The summed E-state index contributed by atoms with van der Waals surface area (Å²) in [6.45, 7) is 4.19. The summed E-state index contributed by atoms with van der Waals surface area (Å²) in [4.78, 5) is 2.49. The predicted octanol–water partition coefficient (Wildman–Crippen LogP) is 2.98. The van der Waals surface area contributed by atoms with Crippen molar-refractivity contribution in [3.05, 3.63) is 35.4 Å². The van der Waals surface area contributed by atoms with Crippen molar-refractivity contribution in [2.75, 3.05) is 20.1 Å². The molecule has 0 radical (unpaired) electrons. The summed E-state index contributed by atoms with van der Waals surface area (Å²) in [6, 6.07) is 9.63. The molecular formula is C16H26N2. The zero-order valence-corrected chi connectivity index (χ0v) is 11.7. The molecule has 1 aromatic rings. The normalized spacial score (nSPS) is 25.9. The molecule has 1 aliphatic heterocycles.